The molecular formula is C11H14NO2-. The minimum absolute atomic E-state index is 0.0866. The lowest BCUT2D eigenvalue weighted by Crippen LogP contribution is -2.28. The quantitative estimate of drug-likeness (QED) is 0.672. The minimum atomic E-state index is -0.995. The monoisotopic (exact) mass is 192 g/mol. The topological polar surface area (TPSA) is 43.4 Å². The number of hydrogen-bond acceptors (Lipinski definition) is 3. The van der Waals surface area contributed by atoms with E-state index in [1.54, 1.807) is 0 Å². The van der Waals surface area contributed by atoms with Gasteiger partial charge in [-0.3, -0.25) is 0 Å². The summed E-state index contributed by atoms with van der Waals surface area (Å²) in [6, 6.07) is 9.96. The largest absolute Gasteiger partial charge is 0.550 e. The summed E-state index contributed by atoms with van der Waals surface area (Å²) in [7, 11) is 1.90. The highest BCUT2D eigenvalue weighted by Crippen LogP contribution is 2.02. The summed E-state index contributed by atoms with van der Waals surface area (Å²) < 4.78 is 0. The normalized spacial score (nSPS) is 10.4. The lowest BCUT2D eigenvalue weighted by atomic mass is 10.2. The van der Waals surface area contributed by atoms with Crippen LogP contribution in [0.5, 0.6) is 0 Å². The van der Waals surface area contributed by atoms with Gasteiger partial charge in [0.05, 0.1) is 0 Å². The number of carbonyl (C=O) groups is 1. The minimum Gasteiger partial charge on any atom is -0.550 e. The number of aliphatic carboxylic acids is 1. The first-order valence-electron chi connectivity index (χ1n) is 4.61. The number of carboxylic acids is 1. The molecule has 0 spiro atoms. The number of carboxylic acid groups (broad SMARTS) is 1. The Bertz CT molecular complexity index is 285. The maximum absolute atomic E-state index is 10.2. The third-order valence-electron chi connectivity index (χ3n) is 1.99. The Kier molecular flexibility index (Phi) is 4.13. The van der Waals surface area contributed by atoms with Crippen LogP contribution < -0.4 is 5.11 Å². The van der Waals surface area contributed by atoms with Crippen LogP contribution in [0, 0.1) is 0 Å². The Labute approximate surface area is 84.0 Å². The average molecular weight is 192 g/mol. The van der Waals surface area contributed by atoms with Gasteiger partial charge in [0.15, 0.2) is 0 Å². The fourth-order valence-corrected chi connectivity index (χ4v) is 1.26. The first kappa shape index (κ1) is 10.7. The Morgan fingerprint density at radius 2 is 2.00 bits per heavy atom. The van der Waals surface area contributed by atoms with Crippen LogP contribution in [0.3, 0.4) is 0 Å². The van der Waals surface area contributed by atoms with E-state index in [1.807, 2.05) is 42.3 Å². The van der Waals surface area contributed by atoms with Crippen LogP contribution in [0.1, 0.15) is 12.0 Å². The average Bonchev–Trinajstić information content (AvgIpc) is 2.16. The molecule has 0 bridgehead atoms. The van der Waals surface area contributed by atoms with E-state index in [2.05, 4.69) is 0 Å². The van der Waals surface area contributed by atoms with Crippen LogP contribution in [0.15, 0.2) is 30.3 Å². The van der Waals surface area contributed by atoms with Gasteiger partial charge in [-0.1, -0.05) is 30.3 Å². The maximum atomic E-state index is 10.2. The van der Waals surface area contributed by atoms with E-state index < -0.39 is 5.97 Å². The first-order chi connectivity index (χ1) is 6.68. The number of hydrogen-bond donors (Lipinski definition) is 0. The molecule has 0 fully saturated rings. The number of rotatable bonds is 5. The molecule has 0 aliphatic heterocycles. The highest BCUT2D eigenvalue weighted by Gasteiger charge is 1.99. The Balaban J connectivity index is 2.34. The number of benzene rings is 1. The van der Waals surface area contributed by atoms with Crippen molar-refractivity contribution in [1.29, 1.82) is 0 Å². The third-order valence-corrected chi connectivity index (χ3v) is 1.99. The van der Waals surface area contributed by atoms with Crippen molar-refractivity contribution in [1.82, 2.24) is 4.90 Å². The van der Waals surface area contributed by atoms with Gasteiger partial charge < -0.3 is 14.8 Å². The summed E-state index contributed by atoms with van der Waals surface area (Å²) in [5.41, 5.74) is 1.19. The number of nitrogens with zero attached hydrogens (tertiary/aromatic N) is 1. The molecule has 0 saturated carbocycles. The van der Waals surface area contributed by atoms with Crippen molar-refractivity contribution in [3.63, 3.8) is 0 Å². The first-order valence-corrected chi connectivity index (χ1v) is 4.61. The second-order valence-electron chi connectivity index (χ2n) is 3.35. The molecule has 0 aliphatic carbocycles. The molecule has 0 unspecified atom stereocenters. The fraction of sp³-hybridized carbons (Fsp3) is 0.364. The predicted octanol–water partition coefficient (Wildman–Crippen LogP) is 0.258. The molecule has 14 heavy (non-hydrogen) atoms. The van der Waals surface area contributed by atoms with Gasteiger partial charge in [0.1, 0.15) is 0 Å². The molecule has 0 amide bonds. The summed E-state index contributed by atoms with van der Waals surface area (Å²) in [5.74, 6) is -0.995. The molecular weight excluding hydrogens is 178 g/mol. The summed E-state index contributed by atoms with van der Waals surface area (Å²) in [6.07, 6.45) is 0.0866. The molecule has 0 heterocycles. The van der Waals surface area contributed by atoms with Crippen molar-refractivity contribution in [3.8, 4) is 0 Å². The second kappa shape index (κ2) is 5.40. The highest BCUT2D eigenvalue weighted by molar-refractivity contribution is 5.64. The zero-order valence-corrected chi connectivity index (χ0v) is 8.27. The van der Waals surface area contributed by atoms with E-state index in [4.69, 9.17) is 0 Å². The standard InChI is InChI=1S/C11H15NO2/c1-12(8-7-11(13)14)9-10-5-3-2-4-6-10/h2-6H,7-9H2,1H3,(H,13,14)/p-1. The van der Waals surface area contributed by atoms with Crippen LogP contribution in [0.25, 0.3) is 0 Å². The van der Waals surface area contributed by atoms with Crippen molar-refractivity contribution in [2.24, 2.45) is 0 Å². The Morgan fingerprint density at radius 3 is 2.57 bits per heavy atom. The summed E-state index contributed by atoms with van der Waals surface area (Å²) in [6.45, 7) is 1.30. The molecule has 1 aromatic rings. The van der Waals surface area contributed by atoms with Crippen LogP contribution in [0.4, 0.5) is 0 Å². The van der Waals surface area contributed by atoms with Gasteiger partial charge in [0, 0.05) is 19.1 Å². The van der Waals surface area contributed by atoms with Crippen LogP contribution in [-0.2, 0) is 11.3 Å². The molecule has 0 saturated heterocycles. The highest BCUT2D eigenvalue weighted by atomic mass is 16.4. The lowest BCUT2D eigenvalue weighted by Gasteiger charge is -2.16. The van der Waals surface area contributed by atoms with E-state index in [-0.39, 0.29) is 6.42 Å². The Hall–Kier alpha value is -1.35. The zero-order chi connectivity index (χ0) is 10.4. The van der Waals surface area contributed by atoms with Gasteiger partial charge in [-0.05, 0) is 19.0 Å². The molecule has 3 nitrogen and oxygen atoms in total. The van der Waals surface area contributed by atoms with Gasteiger partial charge in [-0.15, -0.1) is 0 Å². The van der Waals surface area contributed by atoms with Gasteiger partial charge in [0.25, 0.3) is 0 Å². The van der Waals surface area contributed by atoms with Crippen molar-refractivity contribution in [3.05, 3.63) is 35.9 Å². The second-order valence-corrected chi connectivity index (χ2v) is 3.35. The van der Waals surface area contributed by atoms with E-state index in [9.17, 15) is 9.90 Å². The van der Waals surface area contributed by atoms with E-state index in [0.29, 0.717) is 6.54 Å². The summed E-state index contributed by atoms with van der Waals surface area (Å²) in [5, 5.41) is 10.2. The van der Waals surface area contributed by atoms with E-state index in [0.717, 1.165) is 6.54 Å². The van der Waals surface area contributed by atoms with Gasteiger partial charge in [-0.2, -0.15) is 0 Å². The molecule has 0 atom stereocenters. The van der Waals surface area contributed by atoms with Crippen molar-refractivity contribution in [2.75, 3.05) is 13.6 Å². The summed E-state index contributed by atoms with van der Waals surface area (Å²) >= 11 is 0. The van der Waals surface area contributed by atoms with E-state index in [1.165, 1.54) is 5.56 Å². The smallest absolute Gasteiger partial charge is 0.0427 e. The molecule has 0 aliphatic rings. The molecule has 0 aromatic heterocycles. The fourth-order valence-electron chi connectivity index (χ4n) is 1.26. The molecule has 76 valence electrons. The molecule has 1 rings (SSSR count). The third kappa shape index (κ3) is 4.05. The molecule has 0 radical (unpaired) electrons. The van der Waals surface area contributed by atoms with E-state index >= 15 is 0 Å². The van der Waals surface area contributed by atoms with Gasteiger partial charge in [0.2, 0.25) is 0 Å². The maximum Gasteiger partial charge on any atom is 0.0427 e. The van der Waals surface area contributed by atoms with Crippen LogP contribution >= 0.6 is 0 Å². The molecule has 3 heteroatoms. The zero-order valence-electron chi connectivity index (χ0n) is 8.27. The molecule has 0 N–H and O–H groups in total. The van der Waals surface area contributed by atoms with Gasteiger partial charge >= 0.3 is 0 Å². The van der Waals surface area contributed by atoms with Gasteiger partial charge in [-0.25, -0.2) is 0 Å². The van der Waals surface area contributed by atoms with Crippen molar-refractivity contribution >= 4 is 5.97 Å². The van der Waals surface area contributed by atoms with Crippen molar-refractivity contribution < 1.29 is 9.90 Å². The summed E-state index contributed by atoms with van der Waals surface area (Å²) in [4.78, 5) is 12.2. The SMILES string of the molecule is CN(CCC(=O)[O-])Cc1ccccc1. The van der Waals surface area contributed by atoms with Crippen LogP contribution in [-0.4, -0.2) is 24.5 Å². The van der Waals surface area contributed by atoms with Crippen molar-refractivity contribution in [2.45, 2.75) is 13.0 Å². The Morgan fingerprint density at radius 1 is 1.36 bits per heavy atom. The van der Waals surface area contributed by atoms with Crippen LogP contribution in [0.2, 0.25) is 0 Å². The predicted molar refractivity (Wildman–Crippen MR) is 52.4 cm³/mol. The molecule has 1 aromatic carbocycles. The number of carbonyl (C=O) groups excluding carboxylic acids is 1. The lowest BCUT2D eigenvalue weighted by molar-refractivity contribution is -0.305.